The number of nitrogens with zero attached hydrogens (tertiary/aromatic N) is 2. The lowest BCUT2D eigenvalue weighted by Crippen LogP contribution is -2.47. The van der Waals surface area contributed by atoms with E-state index in [1.54, 1.807) is 0 Å². The summed E-state index contributed by atoms with van der Waals surface area (Å²) in [6.07, 6.45) is -3.27. The second-order valence-corrected chi connectivity index (χ2v) is 9.17. The standard InChI is InChI=1S/C18H21F3N2O5S/c19-18(20,21)13-3-1-4-14(11-13)29(27,28)22-9-6-12(7-10-22)16(24)23-8-2-5-15(23)17(25)26/h1,3-4,11-12,15H,2,5-10H2,(H,25,26)/t15-/m1/s1. The minimum absolute atomic E-state index is 0.0133. The molecule has 3 rings (SSSR count). The van der Waals surface area contributed by atoms with Gasteiger partial charge in [0.1, 0.15) is 6.04 Å². The second kappa shape index (κ2) is 7.94. The second-order valence-electron chi connectivity index (χ2n) is 7.23. The third kappa shape index (κ3) is 4.40. The maximum Gasteiger partial charge on any atom is 0.416 e. The Bertz CT molecular complexity index is 895. The van der Waals surface area contributed by atoms with Crippen molar-refractivity contribution in [2.75, 3.05) is 19.6 Å². The van der Waals surface area contributed by atoms with Crippen LogP contribution in [0.5, 0.6) is 0 Å². The van der Waals surface area contributed by atoms with E-state index in [0.29, 0.717) is 25.5 Å². The Morgan fingerprint density at radius 1 is 1.07 bits per heavy atom. The molecule has 0 aromatic heterocycles. The van der Waals surface area contributed by atoms with Gasteiger partial charge in [-0.05, 0) is 43.9 Å². The molecule has 160 valence electrons. The third-order valence-electron chi connectivity index (χ3n) is 5.42. The zero-order valence-electron chi connectivity index (χ0n) is 15.4. The zero-order valence-corrected chi connectivity index (χ0v) is 16.2. The third-order valence-corrected chi connectivity index (χ3v) is 7.32. The Morgan fingerprint density at radius 2 is 1.72 bits per heavy atom. The number of halogens is 3. The van der Waals surface area contributed by atoms with E-state index in [0.717, 1.165) is 22.5 Å². The molecule has 1 atom stereocenters. The summed E-state index contributed by atoms with van der Waals surface area (Å²) >= 11 is 0. The highest BCUT2D eigenvalue weighted by Gasteiger charge is 2.40. The van der Waals surface area contributed by atoms with Crippen molar-refractivity contribution >= 4 is 21.9 Å². The number of carbonyl (C=O) groups excluding carboxylic acids is 1. The van der Waals surface area contributed by atoms with Crippen molar-refractivity contribution in [3.8, 4) is 0 Å². The summed E-state index contributed by atoms with van der Waals surface area (Å²) < 4.78 is 65.2. The van der Waals surface area contributed by atoms with Crippen molar-refractivity contribution in [1.82, 2.24) is 9.21 Å². The topological polar surface area (TPSA) is 95.0 Å². The first-order chi connectivity index (χ1) is 13.5. The molecule has 7 nitrogen and oxygen atoms in total. The molecule has 29 heavy (non-hydrogen) atoms. The summed E-state index contributed by atoms with van der Waals surface area (Å²) in [7, 11) is -4.12. The van der Waals surface area contributed by atoms with Crippen LogP contribution in [0.15, 0.2) is 29.2 Å². The molecular formula is C18H21F3N2O5S. The summed E-state index contributed by atoms with van der Waals surface area (Å²) in [5.74, 6) is -1.85. The van der Waals surface area contributed by atoms with Gasteiger partial charge in [0.05, 0.1) is 10.5 Å². The number of piperidine rings is 1. The number of hydrogen-bond donors (Lipinski definition) is 1. The van der Waals surface area contributed by atoms with Crippen LogP contribution in [0.25, 0.3) is 0 Å². The van der Waals surface area contributed by atoms with Crippen LogP contribution in [0.4, 0.5) is 13.2 Å². The zero-order chi connectivity index (χ0) is 21.4. The van der Waals surface area contributed by atoms with Crippen LogP contribution in [0.2, 0.25) is 0 Å². The van der Waals surface area contributed by atoms with Gasteiger partial charge in [0.2, 0.25) is 15.9 Å². The number of carboxylic acid groups (broad SMARTS) is 1. The van der Waals surface area contributed by atoms with Gasteiger partial charge < -0.3 is 10.0 Å². The summed E-state index contributed by atoms with van der Waals surface area (Å²) in [6, 6.07) is 2.72. The monoisotopic (exact) mass is 434 g/mol. The van der Waals surface area contributed by atoms with Crippen LogP contribution < -0.4 is 0 Å². The minimum atomic E-state index is -4.65. The predicted molar refractivity (Wildman–Crippen MR) is 95.3 cm³/mol. The Morgan fingerprint density at radius 3 is 2.31 bits per heavy atom. The maximum atomic E-state index is 12.9. The van der Waals surface area contributed by atoms with Crippen LogP contribution in [-0.4, -0.2) is 60.3 Å². The summed E-state index contributed by atoms with van der Waals surface area (Å²) in [4.78, 5) is 24.8. The van der Waals surface area contributed by atoms with Crippen molar-refractivity contribution in [1.29, 1.82) is 0 Å². The Hall–Kier alpha value is -2.14. The van der Waals surface area contributed by atoms with Crippen molar-refractivity contribution in [3.05, 3.63) is 29.8 Å². The number of sulfonamides is 1. The van der Waals surface area contributed by atoms with Gasteiger partial charge in [-0.25, -0.2) is 13.2 Å². The van der Waals surface area contributed by atoms with Gasteiger partial charge in [-0.1, -0.05) is 6.07 Å². The van der Waals surface area contributed by atoms with Crippen molar-refractivity contribution < 1.29 is 36.3 Å². The molecule has 2 aliphatic heterocycles. The largest absolute Gasteiger partial charge is 0.480 e. The van der Waals surface area contributed by atoms with Gasteiger partial charge in [-0.2, -0.15) is 17.5 Å². The molecule has 0 radical (unpaired) electrons. The van der Waals surface area contributed by atoms with Gasteiger partial charge in [0.15, 0.2) is 0 Å². The number of likely N-dealkylation sites (tertiary alicyclic amines) is 1. The number of rotatable bonds is 4. The number of carbonyl (C=O) groups is 2. The number of benzene rings is 1. The van der Waals surface area contributed by atoms with Crippen molar-refractivity contribution in [2.45, 2.75) is 42.8 Å². The molecule has 1 amide bonds. The van der Waals surface area contributed by atoms with E-state index in [4.69, 9.17) is 0 Å². The molecule has 2 saturated heterocycles. The minimum Gasteiger partial charge on any atom is -0.480 e. The molecule has 0 unspecified atom stereocenters. The molecule has 0 bridgehead atoms. The Labute approximate surface area is 166 Å². The molecule has 2 aliphatic rings. The first-order valence-corrected chi connectivity index (χ1v) is 10.7. The Kier molecular flexibility index (Phi) is 5.91. The van der Waals surface area contributed by atoms with Crippen LogP contribution in [0.3, 0.4) is 0 Å². The SMILES string of the molecule is O=C(O)[C@H]1CCCN1C(=O)C1CCN(S(=O)(=O)c2cccc(C(F)(F)F)c2)CC1. The molecule has 0 aliphatic carbocycles. The smallest absolute Gasteiger partial charge is 0.416 e. The van der Waals surface area contributed by atoms with Crippen molar-refractivity contribution in [2.24, 2.45) is 5.92 Å². The number of hydrogen-bond acceptors (Lipinski definition) is 4. The molecule has 1 aromatic rings. The van der Waals surface area contributed by atoms with Crippen LogP contribution in [-0.2, 0) is 25.8 Å². The lowest BCUT2D eigenvalue weighted by Gasteiger charge is -2.33. The van der Waals surface area contributed by atoms with Crippen molar-refractivity contribution in [3.63, 3.8) is 0 Å². The maximum absolute atomic E-state index is 12.9. The van der Waals surface area contributed by atoms with Gasteiger partial charge in [0, 0.05) is 25.6 Å². The van der Waals surface area contributed by atoms with Crippen LogP contribution in [0.1, 0.15) is 31.2 Å². The molecule has 11 heteroatoms. The van der Waals surface area contributed by atoms with Gasteiger partial charge >= 0.3 is 12.1 Å². The van der Waals surface area contributed by atoms with Crippen LogP contribution in [0, 0.1) is 5.92 Å². The fourth-order valence-electron chi connectivity index (χ4n) is 3.85. The van der Waals surface area contributed by atoms with E-state index in [1.807, 2.05) is 0 Å². The first kappa shape index (κ1) is 21.6. The summed E-state index contributed by atoms with van der Waals surface area (Å²) in [5, 5.41) is 9.22. The van der Waals surface area contributed by atoms with E-state index in [9.17, 15) is 36.3 Å². The van der Waals surface area contributed by atoms with E-state index in [-0.39, 0.29) is 31.8 Å². The molecular weight excluding hydrogens is 413 g/mol. The van der Waals surface area contributed by atoms with E-state index in [2.05, 4.69) is 0 Å². The first-order valence-electron chi connectivity index (χ1n) is 9.22. The predicted octanol–water partition coefficient (Wildman–Crippen LogP) is 2.18. The number of aliphatic carboxylic acids is 1. The fourth-order valence-corrected chi connectivity index (χ4v) is 5.36. The number of amides is 1. The highest BCUT2D eigenvalue weighted by molar-refractivity contribution is 7.89. The number of alkyl halides is 3. The van der Waals surface area contributed by atoms with Gasteiger partial charge in [-0.15, -0.1) is 0 Å². The van der Waals surface area contributed by atoms with E-state index < -0.39 is 44.6 Å². The highest BCUT2D eigenvalue weighted by atomic mass is 32.2. The van der Waals surface area contributed by atoms with Gasteiger partial charge in [0.25, 0.3) is 0 Å². The molecule has 2 heterocycles. The highest BCUT2D eigenvalue weighted by Crippen LogP contribution is 2.32. The van der Waals surface area contributed by atoms with E-state index >= 15 is 0 Å². The lowest BCUT2D eigenvalue weighted by molar-refractivity contribution is -0.150. The molecule has 0 spiro atoms. The molecule has 2 fully saturated rings. The molecule has 0 saturated carbocycles. The normalized spacial score (nSPS) is 22.0. The fraction of sp³-hybridized carbons (Fsp3) is 0.556. The van der Waals surface area contributed by atoms with Gasteiger partial charge in [-0.3, -0.25) is 4.79 Å². The summed E-state index contributed by atoms with van der Waals surface area (Å²) in [6.45, 7) is 0.333. The lowest BCUT2D eigenvalue weighted by atomic mass is 9.96. The summed E-state index contributed by atoms with van der Waals surface area (Å²) in [5.41, 5.74) is -1.04. The number of carboxylic acids is 1. The quantitative estimate of drug-likeness (QED) is 0.784. The van der Waals surface area contributed by atoms with Crippen LogP contribution >= 0.6 is 0 Å². The average molecular weight is 434 g/mol. The Balaban J connectivity index is 1.69. The molecule has 1 N–H and O–H groups in total. The average Bonchev–Trinajstić information content (AvgIpc) is 3.17. The van der Waals surface area contributed by atoms with E-state index in [1.165, 1.54) is 4.90 Å². The molecule has 1 aromatic carbocycles.